The molecular formula is C14H27NO. The van der Waals surface area contributed by atoms with Gasteiger partial charge in [0.25, 0.3) is 0 Å². The smallest absolute Gasteiger partial charge is 0.155 e. The van der Waals surface area contributed by atoms with Gasteiger partial charge in [-0.05, 0) is 44.9 Å². The Labute approximate surface area is 100.0 Å². The highest BCUT2D eigenvalue weighted by Crippen LogP contribution is 2.33. The van der Waals surface area contributed by atoms with Crippen molar-refractivity contribution < 1.29 is 4.79 Å². The third-order valence-electron chi connectivity index (χ3n) is 4.13. The van der Waals surface area contributed by atoms with E-state index in [1.807, 2.05) is 6.92 Å². The van der Waals surface area contributed by atoms with Gasteiger partial charge < -0.3 is 5.73 Å². The maximum Gasteiger partial charge on any atom is 0.155 e. The number of nitrogens with two attached hydrogens (primary N) is 1. The van der Waals surface area contributed by atoms with Crippen LogP contribution >= 0.6 is 0 Å². The molecule has 0 aromatic rings. The first-order valence-electron chi connectivity index (χ1n) is 6.84. The van der Waals surface area contributed by atoms with Crippen LogP contribution in [0, 0.1) is 11.8 Å². The van der Waals surface area contributed by atoms with Crippen molar-refractivity contribution in [1.29, 1.82) is 0 Å². The lowest BCUT2D eigenvalue weighted by atomic mass is 9.74. The van der Waals surface area contributed by atoms with Gasteiger partial charge in [0.2, 0.25) is 0 Å². The molecule has 1 fully saturated rings. The van der Waals surface area contributed by atoms with Crippen LogP contribution in [0.25, 0.3) is 0 Å². The van der Waals surface area contributed by atoms with E-state index in [1.165, 1.54) is 19.3 Å². The first-order chi connectivity index (χ1) is 7.51. The van der Waals surface area contributed by atoms with Crippen molar-refractivity contribution in [1.82, 2.24) is 0 Å². The van der Waals surface area contributed by atoms with E-state index >= 15 is 0 Å². The molecule has 0 spiro atoms. The van der Waals surface area contributed by atoms with Crippen molar-refractivity contribution in [2.24, 2.45) is 17.6 Å². The van der Waals surface area contributed by atoms with E-state index < -0.39 is 5.54 Å². The highest BCUT2D eigenvalue weighted by Gasteiger charge is 2.35. The van der Waals surface area contributed by atoms with Gasteiger partial charge >= 0.3 is 0 Å². The first kappa shape index (κ1) is 13.7. The van der Waals surface area contributed by atoms with Crippen molar-refractivity contribution in [2.45, 2.75) is 71.3 Å². The minimum absolute atomic E-state index is 0.240. The van der Waals surface area contributed by atoms with Gasteiger partial charge in [0.05, 0.1) is 5.54 Å². The lowest BCUT2D eigenvalue weighted by Gasteiger charge is -2.32. The Kier molecular flexibility index (Phi) is 4.97. The minimum atomic E-state index is -0.585. The summed E-state index contributed by atoms with van der Waals surface area (Å²) in [4.78, 5) is 12.3. The first-order valence-corrected chi connectivity index (χ1v) is 6.84. The normalized spacial score (nSPS) is 29.8. The van der Waals surface area contributed by atoms with E-state index in [0.29, 0.717) is 5.78 Å². The molecule has 2 heteroatoms. The molecule has 94 valence electrons. The zero-order chi connectivity index (χ0) is 12.2. The molecule has 0 aromatic heterocycles. The standard InChI is InChI=1S/C14H27NO/c1-4-10-14(3,15)13(16)12-8-6-11(5-2)7-9-12/h11-12H,4-10,15H2,1-3H3. The topological polar surface area (TPSA) is 43.1 Å². The molecule has 0 saturated heterocycles. The molecule has 1 unspecified atom stereocenters. The van der Waals surface area contributed by atoms with E-state index in [2.05, 4.69) is 13.8 Å². The number of rotatable bonds is 5. The van der Waals surface area contributed by atoms with Crippen LogP contribution in [0.5, 0.6) is 0 Å². The quantitative estimate of drug-likeness (QED) is 0.780. The average molecular weight is 225 g/mol. The van der Waals surface area contributed by atoms with E-state index in [4.69, 9.17) is 5.73 Å². The largest absolute Gasteiger partial charge is 0.319 e. The van der Waals surface area contributed by atoms with Crippen LogP contribution < -0.4 is 5.73 Å². The Hall–Kier alpha value is -0.370. The molecule has 2 nitrogen and oxygen atoms in total. The predicted molar refractivity (Wildman–Crippen MR) is 68.2 cm³/mol. The Bertz CT molecular complexity index is 227. The maximum atomic E-state index is 12.3. The number of hydrogen-bond acceptors (Lipinski definition) is 2. The molecular weight excluding hydrogens is 198 g/mol. The van der Waals surface area contributed by atoms with E-state index in [1.54, 1.807) is 0 Å². The number of carbonyl (C=O) groups is 1. The highest BCUT2D eigenvalue weighted by atomic mass is 16.1. The van der Waals surface area contributed by atoms with Gasteiger partial charge in [0.1, 0.15) is 0 Å². The summed E-state index contributed by atoms with van der Waals surface area (Å²) in [6, 6.07) is 0. The second kappa shape index (κ2) is 5.81. The van der Waals surface area contributed by atoms with Crippen LogP contribution in [0.3, 0.4) is 0 Å². The molecule has 0 radical (unpaired) electrons. The van der Waals surface area contributed by atoms with Crippen LogP contribution in [-0.4, -0.2) is 11.3 Å². The van der Waals surface area contributed by atoms with Crippen LogP contribution in [0.2, 0.25) is 0 Å². The lowest BCUT2D eigenvalue weighted by Crippen LogP contribution is -2.48. The second-order valence-corrected chi connectivity index (χ2v) is 5.66. The molecule has 1 saturated carbocycles. The number of carbonyl (C=O) groups excluding carboxylic acids is 1. The molecule has 1 rings (SSSR count). The zero-order valence-electron chi connectivity index (χ0n) is 11.1. The summed E-state index contributed by atoms with van der Waals surface area (Å²) in [7, 11) is 0. The van der Waals surface area contributed by atoms with Gasteiger partial charge in [-0.3, -0.25) is 4.79 Å². The van der Waals surface area contributed by atoms with Gasteiger partial charge in [-0.2, -0.15) is 0 Å². The highest BCUT2D eigenvalue weighted by molar-refractivity contribution is 5.89. The molecule has 0 amide bonds. The summed E-state index contributed by atoms with van der Waals surface area (Å²) >= 11 is 0. The molecule has 16 heavy (non-hydrogen) atoms. The van der Waals surface area contributed by atoms with Crippen LogP contribution in [0.1, 0.15) is 65.7 Å². The molecule has 2 N–H and O–H groups in total. The maximum absolute atomic E-state index is 12.3. The molecule has 1 atom stereocenters. The van der Waals surface area contributed by atoms with Crippen molar-refractivity contribution in [2.75, 3.05) is 0 Å². The fourth-order valence-corrected chi connectivity index (χ4v) is 2.94. The predicted octanol–water partition coefficient (Wildman–Crippen LogP) is 3.29. The number of hydrogen-bond donors (Lipinski definition) is 1. The van der Waals surface area contributed by atoms with E-state index in [9.17, 15) is 4.79 Å². The molecule has 0 aliphatic heterocycles. The summed E-state index contributed by atoms with van der Waals surface area (Å²) in [5.74, 6) is 1.40. The molecule has 1 aliphatic rings. The number of ketones is 1. The average Bonchev–Trinajstić information content (AvgIpc) is 2.28. The van der Waals surface area contributed by atoms with Crippen molar-refractivity contribution >= 4 is 5.78 Å². The van der Waals surface area contributed by atoms with Gasteiger partial charge in [-0.25, -0.2) is 0 Å². The van der Waals surface area contributed by atoms with Gasteiger partial charge in [0, 0.05) is 5.92 Å². The van der Waals surface area contributed by atoms with Crippen molar-refractivity contribution in [3.8, 4) is 0 Å². The molecule has 0 heterocycles. The summed E-state index contributed by atoms with van der Waals surface area (Å²) in [6.07, 6.45) is 7.63. The third-order valence-corrected chi connectivity index (χ3v) is 4.13. The fraction of sp³-hybridized carbons (Fsp3) is 0.929. The van der Waals surface area contributed by atoms with E-state index in [-0.39, 0.29) is 5.92 Å². The number of Topliss-reactive ketones (excluding diaryl/α,β-unsaturated/α-hetero) is 1. The third kappa shape index (κ3) is 3.31. The van der Waals surface area contributed by atoms with Crippen molar-refractivity contribution in [3.63, 3.8) is 0 Å². The Balaban J connectivity index is 2.50. The second-order valence-electron chi connectivity index (χ2n) is 5.66. The summed E-state index contributed by atoms with van der Waals surface area (Å²) in [5, 5.41) is 0. The monoisotopic (exact) mass is 225 g/mol. The fourth-order valence-electron chi connectivity index (χ4n) is 2.94. The van der Waals surface area contributed by atoms with Gasteiger partial charge in [0.15, 0.2) is 5.78 Å². The molecule has 1 aliphatic carbocycles. The SMILES string of the molecule is CCCC(C)(N)C(=O)C1CCC(CC)CC1. The summed E-state index contributed by atoms with van der Waals surface area (Å²) in [6.45, 7) is 6.24. The molecule has 0 bridgehead atoms. The van der Waals surface area contributed by atoms with Crippen LogP contribution in [-0.2, 0) is 4.79 Å². The van der Waals surface area contributed by atoms with Crippen LogP contribution in [0.4, 0.5) is 0 Å². The zero-order valence-corrected chi connectivity index (χ0v) is 11.1. The van der Waals surface area contributed by atoms with Gasteiger partial charge in [-0.1, -0.05) is 26.7 Å². The minimum Gasteiger partial charge on any atom is -0.319 e. The Morgan fingerprint density at radius 2 is 1.81 bits per heavy atom. The summed E-state index contributed by atoms with van der Waals surface area (Å²) < 4.78 is 0. The Morgan fingerprint density at radius 1 is 1.25 bits per heavy atom. The van der Waals surface area contributed by atoms with E-state index in [0.717, 1.165) is 31.6 Å². The lowest BCUT2D eigenvalue weighted by molar-refractivity contribution is -0.129. The summed E-state index contributed by atoms with van der Waals surface area (Å²) in [5.41, 5.74) is 5.53. The van der Waals surface area contributed by atoms with Crippen LogP contribution in [0.15, 0.2) is 0 Å². The Morgan fingerprint density at radius 3 is 2.25 bits per heavy atom. The molecule has 0 aromatic carbocycles. The van der Waals surface area contributed by atoms with Crippen molar-refractivity contribution in [3.05, 3.63) is 0 Å². The van der Waals surface area contributed by atoms with Gasteiger partial charge in [-0.15, -0.1) is 0 Å².